The Morgan fingerprint density at radius 1 is 1.47 bits per heavy atom. The van der Waals surface area contributed by atoms with Gasteiger partial charge in [-0.25, -0.2) is 4.98 Å². The highest BCUT2D eigenvalue weighted by Crippen LogP contribution is 2.35. The first-order valence-corrected chi connectivity index (χ1v) is 7.61. The van der Waals surface area contributed by atoms with E-state index in [1.807, 2.05) is 0 Å². The molecule has 1 heterocycles. The molecule has 4 N–H and O–H groups in total. The molecule has 1 aromatic heterocycles. The quantitative estimate of drug-likeness (QED) is 0.759. The lowest BCUT2D eigenvalue weighted by Gasteiger charge is -2.35. The molecule has 0 aromatic carbocycles. The maximum absolute atomic E-state index is 12.0. The molecule has 0 bridgehead atoms. The van der Waals surface area contributed by atoms with Crippen molar-refractivity contribution in [3.63, 3.8) is 0 Å². The summed E-state index contributed by atoms with van der Waals surface area (Å²) >= 11 is 1.40. The molecule has 106 valence electrons. The van der Waals surface area contributed by atoms with Crippen LogP contribution in [0.3, 0.4) is 0 Å². The highest BCUT2D eigenvalue weighted by Gasteiger charge is 2.31. The number of amides is 1. The minimum Gasteiger partial charge on any atom is -0.396 e. The second kappa shape index (κ2) is 6.45. The number of hydrogen-bond acceptors (Lipinski definition) is 5. The molecule has 1 aliphatic rings. The number of nitrogens with one attached hydrogen (secondary N) is 1. The molecular weight excluding hydrogens is 262 g/mol. The van der Waals surface area contributed by atoms with E-state index in [9.17, 15) is 9.90 Å². The summed E-state index contributed by atoms with van der Waals surface area (Å²) in [5, 5.41) is 15.0. The molecule has 1 aliphatic carbocycles. The molecule has 1 fully saturated rings. The molecule has 0 unspecified atom stereocenters. The molecule has 6 heteroatoms. The number of aliphatic hydroxyl groups is 1. The van der Waals surface area contributed by atoms with Gasteiger partial charge in [-0.1, -0.05) is 19.3 Å². The fourth-order valence-corrected chi connectivity index (χ4v) is 3.21. The summed E-state index contributed by atoms with van der Waals surface area (Å²) in [4.78, 5) is 16.1. The summed E-state index contributed by atoms with van der Waals surface area (Å²) in [5.41, 5.74) is 5.77. The van der Waals surface area contributed by atoms with Gasteiger partial charge in [0.2, 0.25) is 0 Å². The maximum atomic E-state index is 12.0. The van der Waals surface area contributed by atoms with E-state index in [0.29, 0.717) is 18.8 Å². The summed E-state index contributed by atoms with van der Waals surface area (Å²) < 4.78 is 0. The first-order valence-electron chi connectivity index (χ1n) is 6.73. The topological polar surface area (TPSA) is 88.2 Å². The van der Waals surface area contributed by atoms with Crippen LogP contribution in [-0.4, -0.2) is 29.1 Å². The molecule has 19 heavy (non-hydrogen) atoms. The minimum atomic E-state index is -0.172. The van der Waals surface area contributed by atoms with E-state index in [1.54, 1.807) is 5.38 Å². The van der Waals surface area contributed by atoms with Gasteiger partial charge in [-0.15, -0.1) is 11.3 Å². The van der Waals surface area contributed by atoms with Crippen LogP contribution in [-0.2, 0) is 6.54 Å². The van der Waals surface area contributed by atoms with Gasteiger partial charge in [-0.3, -0.25) is 4.79 Å². The Balaban J connectivity index is 1.91. The van der Waals surface area contributed by atoms with Crippen molar-refractivity contribution in [3.05, 3.63) is 16.1 Å². The Labute approximate surface area is 117 Å². The van der Waals surface area contributed by atoms with Gasteiger partial charge in [0, 0.05) is 23.9 Å². The van der Waals surface area contributed by atoms with Crippen molar-refractivity contribution in [1.29, 1.82) is 0 Å². The van der Waals surface area contributed by atoms with Gasteiger partial charge in [0.1, 0.15) is 10.7 Å². The summed E-state index contributed by atoms with van der Waals surface area (Å²) in [6.45, 7) is 1.02. The van der Waals surface area contributed by atoms with Crippen molar-refractivity contribution in [2.75, 3.05) is 13.2 Å². The molecule has 1 aromatic rings. The lowest BCUT2D eigenvalue weighted by Crippen LogP contribution is -2.41. The van der Waals surface area contributed by atoms with Crippen molar-refractivity contribution < 1.29 is 9.90 Å². The Morgan fingerprint density at radius 3 is 2.79 bits per heavy atom. The summed E-state index contributed by atoms with van der Waals surface area (Å²) in [7, 11) is 0. The standard InChI is InChI=1S/C13H21N3O2S/c14-6-11-16-10(7-19-11)12(18)15-8-13(9-17)4-2-1-3-5-13/h7,17H,1-6,8-9,14H2,(H,15,18). The highest BCUT2D eigenvalue weighted by molar-refractivity contribution is 7.09. The van der Waals surface area contributed by atoms with E-state index < -0.39 is 0 Å². The fourth-order valence-electron chi connectivity index (χ4n) is 2.56. The van der Waals surface area contributed by atoms with Crippen LogP contribution in [0, 0.1) is 5.41 Å². The average Bonchev–Trinajstić information content (AvgIpc) is 2.95. The van der Waals surface area contributed by atoms with Crippen molar-refractivity contribution >= 4 is 17.2 Å². The third kappa shape index (κ3) is 3.52. The molecule has 0 spiro atoms. The predicted octanol–water partition coefficient (Wildman–Crippen LogP) is 1.27. The van der Waals surface area contributed by atoms with Crippen LogP contribution in [0.2, 0.25) is 0 Å². The first-order chi connectivity index (χ1) is 9.19. The molecule has 1 saturated carbocycles. The third-order valence-electron chi connectivity index (χ3n) is 3.83. The Kier molecular flexibility index (Phi) is 4.90. The second-order valence-electron chi connectivity index (χ2n) is 5.23. The van der Waals surface area contributed by atoms with E-state index in [0.717, 1.165) is 30.7 Å². The van der Waals surface area contributed by atoms with Crippen molar-refractivity contribution in [2.24, 2.45) is 11.1 Å². The van der Waals surface area contributed by atoms with Gasteiger partial charge in [0.15, 0.2) is 0 Å². The second-order valence-corrected chi connectivity index (χ2v) is 6.17. The number of aliphatic hydroxyl groups excluding tert-OH is 1. The Hall–Kier alpha value is -0.980. The van der Waals surface area contributed by atoms with Crippen LogP contribution < -0.4 is 11.1 Å². The number of carbonyl (C=O) groups is 1. The monoisotopic (exact) mass is 283 g/mol. The van der Waals surface area contributed by atoms with Gasteiger partial charge in [-0.2, -0.15) is 0 Å². The summed E-state index contributed by atoms with van der Waals surface area (Å²) in [5.74, 6) is -0.172. The molecule has 0 saturated heterocycles. The molecule has 0 radical (unpaired) electrons. The van der Waals surface area contributed by atoms with E-state index in [2.05, 4.69) is 10.3 Å². The predicted molar refractivity (Wildman–Crippen MR) is 74.9 cm³/mol. The van der Waals surface area contributed by atoms with Crippen molar-refractivity contribution in [1.82, 2.24) is 10.3 Å². The lowest BCUT2D eigenvalue weighted by atomic mass is 9.74. The number of rotatable bonds is 5. The van der Waals surface area contributed by atoms with Gasteiger partial charge in [0.25, 0.3) is 5.91 Å². The molecule has 0 aliphatic heterocycles. The zero-order valence-corrected chi connectivity index (χ0v) is 11.8. The lowest BCUT2D eigenvalue weighted by molar-refractivity contribution is 0.0716. The van der Waals surface area contributed by atoms with Crippen LogP contribution in [0.4, 0.5) is 0 Å². The number of hydrogen-bond donors (Lipinski definition) is 3. The first kappa shape index (κ1) is 14.4. The number of thiazole rings is 1. The van der Waals surface area contributed by atoms with Crippen LogP contribution in [0.15, 0.2) is 5.38 Å². The minimum absolute atomic E-state index is 0.137. The summed E-state index contributed by atoms with van der Waals surface area (Å²) in [6.07, 6.45) is 5.44. The number of aromatic nitrogens is 1. The average molecular weight is 283 g/mol. The van der Waals surface area contributed by atoms with Gasteiger partial charge < -0.3 is 16.2 Å². The molecule has 1 amide bonds. The molecule has 5 nitrogen and oxygen atoms in total. The third-order valence-corrected chi connectivity index (χ3v) is 4.70. The molecular formula is C13H21N3O2S. The van der Waals surface area contributed by atoms with E-state index >= 15 is 0 Å². The van der Waals surface area contributed by atoms with Crippen LogP contribution in [0.25, 0.3) is 0 Å². The number of nitrogens with two attached hydrogens (primary N) is 1. The van der Waals surface area contributed by atoms with Gasteiger partial charge in [-0.05, 0) is 12.8 Å². The molecule has 0 atom stereocenters. The summed E-state index contributed by atoms with van der Waals surface area (Å²) in [6, 6.07) is 0. The van der Waals surface area contributed by atoms with E-state index in [-0.39, 0.29) is 17.9 Å². The smallest absolute Gasteiger partial charge is 0.270 e. The van der Waals surface area contributed by atoms with Crippen LogP contribution in [0.5, 0.6) is 0 Å². The molecule has 2 rings (SSSR count). The van der Waals surface area contributed by atoms with Crippen molar-refractivity contribution in [2.45, 2.75) is 38.6 Å². The maximum Gasteiger partial charge on any atom is 0.270 e. The normalized spacial score (nSPS) is 18.2. The largest absolute Gasteiger partial charge is 0.396 e. The van der Waals surface area contributed by atoms with Gasteiger partial charge in [0.05, 0.1) is 6.61 Å². The fraction of sp³-hybridized carbons (Fsp3) is 0.692. The van der Waals surface area contributed by atoms with Crippen LogP contribution in [0.1, 0.15) is 47.6 Å². The highest BCUT2D eigenvalue weighted by atomic mass is 32.1. The van der Waals surface area contributed by atoms with Crippen LogP contribution >= 0.6 is 11.3 Å². The number of nitrogens with zero attached hydrogens (tertiary/aromatic N) is 1. The number of carbonyl (C=O) groups excluding carboxylic acids is 1. The SMILES string of the molecule is NCc1nc(C(=O)NCC2(CO)CCCCC2)cs1. The van der Waals surface area contributed by atoms with Gasteiger partial charge >= 0.3 is 0 Å². The van der Waals surface area contributed by atoms with E-state index in [1.165, 1.54) is 17.8 Å². The van der Waals surface area contributed by atoms with Crippen molar-refractivity contribution in [3.8, 4) is 0 Å². The zero-order valence-electron chi connectivity index (χ0n) is 11.0. The zero-order chi connectivity index (χ0) is 13.7. The Bertz CT molecular complexity index is 427. The Morgan fingerprint density at radius 2 is 2.21 bits per heavy atom. The van der Waals surface area contributed by atoms with E-state index in [4.69, 9.17) is 5.73 Å².